The Balaban J connectivity index is 2.19. The maximum absolute atomic E-state index is 12.7. The molecule has 106 valence electrons. The average Bonchev–Trinajstić information content (AvgIpc) is 2.38. The van der Waals surface area contributed by atoms with E-state index in [1.807, 2.05) is 31.2 Å². The van der Waals surface area contributed by atoms with E-state index in [-0.39, 0.29) is 10.7 Å². The molecule has 0 unspecified atom stereocenters. The molecule has 0 aromatic heterocycles. The van der Waals surface area contributed by atoms with Gasteiger partial charge in [0.25, 0.3) is 0 Å². The lowest BCUT2D eigenvalue weighted by Gasteiger charge is -2.13. The molecule has 5 heteroatoms. The smallest absolute Gasteiger partial charge is 0.380 e. The summed E-state index contributed by atoms with van der Waals surface area (Å²) >= 11 is 5.92. The molecule has 2 rings (SSSR count). The lowest BCUT2D eigenvalue weighted by Crippen LogP contribution is -2.07. The van der Waals surface area contributed by atoms with Crippen LogP contribution in [0, 0.1) is 6.92 Å². The van der Waals surface area contributed by atoms with E-state index in [4.69, 9.17) is 11.6 Å². The van der Waals surface area contributed by atoms with Gasteiger partial charge in [0, 0.05) is 6.54 Å². The van der Waals surface area contributed by atoms with Gasteiger partial charge in [-0.15, -0.1) is 0 Å². The highest BCUT2D eigenvalue weighted by molar-refractivity contribution is 6.33. The first-order valence-electron chi connectivity index (χ1n) is 6.03. The summed E-state index contributed by atoms with van der Waals surface area (Å²) in [6.45, 7) is 2.37. The van der Waals surface area contributed by atoms with Crippen molar-refractivity contribution in [1.82, 2.24) is 0 Å². The van der Waals surface area contributed by atoms with Crippen molar-refractivity contribution in [2.75, 3.05) is 5.32 Å². The summed E-state index contributed by atoms with van der Waals surface area (Å²) in [6.07, 6.45) is -4.37. The number of anilines is 1. The van der Waals surface area contributed by atoms with Crippen molar-refractivity contribution in [3.05, 3.63) is 64.2 Å². The minimum Gasteiger partial charge on any atom is -0.380 e. The van der Waals surface area contributed by atoms with Crippen LogP contribution in [0.25, 0.3) is 0 Å². The van der Waals surface area contributed by atoms with Gasteiger partial charge < -0.3 is 5.32 Å². The second-order valence-corrected chi connectivity index (χ2v) is 4.88. The molecule has 0 aliphatic heterocycles. The number of aryl methyl sites for hydroxylation is 1. The molecule has 1 nitrogen and oxygen atoms in total. The Morgan fingerprint density at radius 3 is 2.45 bits per heavy atom. The number of hydrogen-bond donors (Lipinski definition) is 1. The zero-order valence-electron chi connectivity index (χ0n) is 10.8. The first-order valence-corrected chi connectivity index (χ1v) is 6.41. The highest BCUT2D eigenvalue weighted by atomic mass is 35.5. The summed E-state index contributed by atoms with van der Waals surface area (Å²) < 4.78 is 38.0. The largest absolute Gasteiger partial charge is 0.416 e. The molecule has 0 aliphatic rings. The van der Waals surface area contributed by atoms with Gasteiger partial charge >= 0.3 is 6.18 Å². The van der Waals surface area contributed by atoms with Crippen LogP contribution in [-0.4, -0.2) is 0 Å². The Kier molecular flexibility index (Phi) is 4.23. The van der Waals surface area contributed by atoms with Gasteiger partial charge in [-0.2, -0.15) is 13.2 Å². The number of rotatable bonds is 3. The average molecular weight is 300 g/mol. The lowest BCUT2D eigenvalue weighted by molar-refractivity contribution is -0.137. The fourth-order valence-electron chi connectivity index (χ4n) is 1.84. The van der Waals surface area contributed by atoms with E-state index in [2.05, 4.69) is 5.32 Å². The Bertz CT molecular complexity index is 608. The Hall–Kier alpha value is -1.68. The predicted octanol–water partition coefficient (Wildman–Crippen LogP) is 5.28. The number of benzene rings is 2. The third-order valence-corrected chi connectivity index (χ3v) is 3.35. The highest BCUT2D eigenvalue weighted by Gasteiger charge is 2.30. The summed E-state index contributed by atoms with van der Waals surface area (Å²) in [5.74, 6) is 0. The Morgan fingerprint density at radius 1 is 1.10 bits per heavy atom. The van der Waals surface area contributed by atoms with E-state index in [9.17, 15) is 13.2 Å². The monoisotopic (exact) mass is 299 g/mol. The van der Waals surface area contributed by atoms with Crippen molar-refractivity contribution >= 4 is 17.3 Å². The molecule has 0 heterocycles. The minimum atomic E-state index is -4.37. The van der Waals surface area contributed by atoms with Crippen LogP contribution < -0.4 is 5.32 Å². The van der Waals surface area contributed by atoms with Crippen LogP contribution in [0.1, 0.15) is 16.7 Å². The number of halogens is 4. The summed E-state index contributed by atoms with van der Waals surface area (Å²) in [6, 6.07) is 10.9. The molecule has 0 saturated heterocycles. The quantitative estimate of drug-likeness (QED) is 0.813. The van der Waals surface area contributed by atoms with Crippen LogP contribution in [0.5, 0.6) is 0 Å². The predicted molar refractivity (Wildman–Crippen MR) is 75.0 cm³/mol. The molecule has 2 aromatic rings. The van der Waals surface area contributed by atoms with Crippen molar-refractivity contribution in [3.63, 3.8) is 0 Å². The van der Waals surface area contributed by atoms with E-state index < -0.39 is 11.7 Å². The van der Waals surface area contributed by atoms with Gasteiger partial charge in [-0.25, -0.2) is 0 Å². The van der Waals surface area contributed by atoms with Crippen molar-refractivity contribution in [1.29, 1.82) is 0 Å². The number of hydrogen-bond acceptors (Lipinski definition) is 1. The third kappa shape index (κ3) is 3.45. The van der Waals surface area contributed by atoms with Crippen molar-refractivity contribution < 1.29 is 13.2 Å². The fourth-order valence-corrected chi connectivity index (χ4v) is 2.02. The Morgan fingerprint density at radius 2 is 1.80 bits per heavy atom. The van der Waals surface area contributed by atoms with Crippen LogP contribution in [0.3, 0.4) is 0 Å². The molecule has 0 amide bonds. The summed E-state index contributed by atoms with van der Waals surface area (Å²) in [5, 5.41) is 3.22. The maximum Gasteiger partial charge on any atom is 0.416 e. The van der Waals surface area contributed by atoms with Crippen LogP contribution in [0.4, 0.5) is 18.9 Å². The molecule has 0 saturated carbocycles. The second-order valence-electron chi connectivity index (χ2n) is 4.47. The molecule has 0 spiro atoms. The third-order valence-electron chi connectivity index (χ3n) is 3.02. The van der Waals surface area contributed by atoms with Crippen LogP contribution >= 0.6 is 11.6 Å². The van der Waals surface area contributed by atoms with Gasteiger partial charge in [-0.3, -0.25) is 0 Å². The zero-order valence-corrected chi connectivity index (χ0v) is 11.5. The van der Waals surface area contributed by atoms with Crippen molar-refractivity contribution in [3.8, 4) is 0 Å². The summed E-state index contributed by atoms with van der Waals surface area (Å²) in [5.41, 5.74) is 1.66. The van der Waals surface area contributed by atoms with E-state index in [1.165, 1.54) is 6.07 Å². The number of nitrogens with one attached hydrogen (secondary N) is 1. The van der Waals surface area contributed by atoms with E-state index in [0.717, 1.165) is 23.3 Å². The number of alkyl halides is 3. The molecule has 0 aliphatic carbocycles. The van der Waals surface area contributed by atoms with Gasteiger partial charge in [0.15, 0.2) is 0 Å². The van der Waals surface area contributed by atoms with E-state index in [0.29, 0.717) is 6.54 Å². The van der Waals surface area contributed by atoms with Crippen molar-refractivity contribution in [2.45, 2.75) is 19.6 Å². The Labute approximate surface area is 120 Å². The zero-order chi connectivity index (χ0) is 14.8. The molecule has 0 atom stereocenters. The van der Waals surface area contributed by atoms with Crippen LogP contribution in [0.2, 0.25) is 5.02 Å². The van der Waals surface area contributed by atoms with Gasteiger partial charge in [0.05, 0.1) is 16.3 Å². The summed E-state index contributed by atoms with van der Waals surface area (Å²) in [4.78, 5) is 0. The SMILES string of the molecule is Cc1ccccc1CNc1cc(C(F)(F)F)ccc1Cl. The fraction of sp³-hybridized carbons (Fsp3) is 0.200. The summed E-state index contributed by atoms with van der Waals surface area (Å²) in [7, 11) is 0. The first kappa shape index (κ1) is 14.7. The standard InChI is InChI=1S/C15H13ClF3N/c1-10-4-2-3-5-11(10)9-20-14-8-12(15(17,18)19)6-7-13(14)16/h2-8,20H,9H2,1H3. The van der Waals surface area contributed by atoms with Gasteiger partial charge in [0.2, 0.25) is 0 Å². The molecule has 2 aromatic carbocycles. The molecule has 0 fully saturated rings. The lowest BCUT2D eigenvalue weighted by atomic mass is 10.1. The molecule has 20 heavy (non-hydrogen) atoms. The maximum atomic E-state index is 12.7. The van der Waals surface area contributed by atoms with Crippen molar-refractivity contribution in [2.24, 2.45) is 0 Å². The van der Waals surface area contributed by atoms with Crippen LogP contribution in [0.15, 0.2) is 42.5 Å². The normalized spacial score (nSPS) is 11.4. The first-order chi connectivity index (χ1) is 9.38. The molecular weight excluding hydrogens is 287 g/mol. The van der Waals surface area contributed by atoms with Crippen LogP contribution in [-0.2, 0) is 12.7 Å². The topological polar surface area (TPSA) is 12.0 Å². The molecular formula is C15H13ClF3N. The van der Waals surface area contributed by atoms with E-state index >= 15 is 0 Å². The highest BCUT2D eigenvalue weighted by Crippen LogP contribution is 2.34. The van der Waals surface area contributed by atoms with Gasteiger partial charge in [0.1, 0.15) is 0 Å². The second kappa shape index (κ2) is 5.75. The van der Waals surface area contributed by atoms with Gasteiger partial charge in [-0.1, -0.05) is 35.9 Å². The van der Waals surface area contributed by atoms with Gasteiger partial charge in [-0.05, 0) is 36.2 Å². The minimum absolute atomic E-state index is 0.270. The molecule has 1 N–H and O–H groups in total. The molecule has 0 radical (unpaired) electrons. The van der Waals surface area contributed by atoms with E-state index in [1.54, 1.807) is 0 Å². The molecule has 0 bridgehead atoms.